The van der Waals surface area contributed by atoms with Crippen LogP contribution < -0.4 is 10.6 Å². The number of benzene rings is 4. The fraction of sp³-hybridized carbons (Fsp3) is 0.0667. The maximum absolute atomic E-state index is 6.28. The molecule has 0 fully saturated rings. The molecular formula is C30H23N3. The summed E-state index contributed by atoms with van der Waals surface area (Å²) in [5, 5.41) is 2.54. The van der Waals surface area contributed by atoms with Gasteiger partial charge in [0.05, 0.1) is 22.8 Å². The number of fused-ring (bicyclic) bond motifs is 7. The lowest BCUT2D eigenvalue weighted by Crippen LogP contribution is -2.29. The van der Waals surface area contributed by atoms with E-state index in [1.165, 1.54) is 44.4 Å². The molecule has 0 spiro atoms. The summed E-state index contributed by atoms with van der Waals surface area (Å²) in [4.78, 5) is 2.50. The third-order valence-electron chi connectivity index (χ3n) is 7.01. The van der Waals surface area contributed by atoms with Crippen LogP contribution in [0.25, 0.3) is 27.5 Å². The quantitative estimate of drug-likeness (QED) is 0.337. The largest absolute Gasteiger partial charge is 0.399 e. The van der Waals surface area contributed by atoms with Gasteiger partial charge in [0.2, 0.25) is 0 Å². The number of hydrogen-bond acceptors (Lipinski definition) is 2. The van der Waals surface area contributed by atoms with Crippen LogP contribution in [0, 0.1) is 0 Å². The summed E-state index contributed by atoms with van der Waals surface area (Å²) < 4.78 is 2.42. The van der Waals surface area contributed by atoms with Gasteiger partial charge >= 0.3 is 0 Å². The normalized spacial score (nSPS) is 19.0. The van der Waals surface area contributed by atoms with Gasteiger partial charge in [0.25, 0.3) is 0 Å². The smallest absolute Gasteiger partial charge is 0.0782 e. The fourth-order valence-corrected chi connectivity index (χ4v) is 5.67. The molecule has 3 nitrogen and oxygen atoms in total. The summed E-state index contributed by atoms with van der Waals surface area (Å²) in [5.74, 6) is 0.219. The van der Waals surface area contributed by atoms with Gasteiger partial charge in [-0.1, -0.05) is 78.9 Å². The standard InChI is InChI=1S/C30H23N3/c31-20-15-18-28-26(19-20)25-17-16-24-23-13-7-8-14-27(23)32(21-9-3-1-4-10-21)29(24)30(25)33(28)22-11-5-2-6-12-22/h1-19,26,28H,31H2. The molecule has 2 N–H and O–H groups in total. The summed E-state index contributed by atoms with van der Waals surface area (Å²) in [7, 11) is 0. The minimum absolute atomic E-state index is 0.197. The predicted molar refractivity (Wildman–Crippen MR) is 137 cm³/mol. The van der Waals surface area contributed by atoms with Crippen molar-refractivity contribution < 1.29 is 0 Å². The molecule has 3 heteroatoms. The number of nitrogens with two attached hydrogens (primary N) is 1. The van der Waals surface area contributed by atoms with E-state index in [1.807, 2.05) is 6.08 Å². The van der Waals surface area contributed by atoms with Gasteiger partial charge in [0.1, 0.15) is 0 Å². The summed E-state index contributed by atoms with van der Waals surface area (Å²) in [6.07, 6.45) is 6.52. The summed E-state index contributed by atoms with van der Waals surface area (Å²) in [6.45, 7) is 0. The van der Waals surface area contributed by atoms with Crippen molar-refractivity contribution in [1.29, 1.82) is 0 Å². The molecule has 2 unspecified atom stereocenters. The highest BCUT2D eigenvalue weighted by molar-refractivity contribution is 6.15. The monoisotopic (exact) mass is 425 g/mol. The number of anilines is 2. The average molecular weight is 426 g/mol. The van der Waals surface area contributed by atoms with E-state index in [0.717, 1.165) is 5.70 Å². The number of rotatable bonds is 2. The van der Waals surface area contributed by atoms with Crippen molar-refractivity contribution in [3.63, 3.8) is 0 Å². The Morgan fingerprint density at radius 3 is 2.15 bits per heavy atom. The molecule has 4 aromatic carbocycles. The first kappa shape index (κ1) is 18.3. The van der Waals surface area contributed by atoms with Gasteiger partial charge in [-0.05, 0) is 42.0 Å². The van der Waals surface area contributed by atoms with Crippen molar-refractivity contribution in [3.05, 3.63) is 127 Å². The second kappa shape index (κ2) is 6.88. The second-order valence-corrected chi connectivity index (χ2v) is 8.84. The number of nitrogens with zero attached hydrogens (tertiary/aromatic N) is 2. The Hall–Kier alpha value is -4.24. The molecule has 2 heterocycles. The van der Waals surface area contributed by atoms with E-state index in [0.29, 0.717) is 0 Å². The van der Waals surface area contributed by atoms with Gasteiger partial charge in [-0.15, -0.1) is 0 Å². The summed E-state index contributed by atoms with van der Waals surface area (Å²) in [6, 6.07) is 34.9. The van der Waals surface area contributed by atoms with Gasteiger partial charge in [0, 0.05) is 33.8 Å². The molecule has 1 aromatic heterocycles. The first-order valence-electron chi connectivity index (χ1n) is 11.4. The number of allylic oxidation sites excluding steroid dienone is 1. The van der Waals surface area contributed by atoms with E-state index >= 15 is 0 Å². The fourth-order valence-electron chi connectivity index (χ4n) is 5.67. The van der Waals surface area contributed by atoms with Gasteiger partial charge in [-0.2, -0.15) is 0 Å². The van der Waals surface area contributed by atoms with E-state index in [-0.39, 0.29) is 12.0 Å². The lowest BCUT2D eigenvalue weighted by molar-refractivity contribution is 0.737. The van der Waals surface area contributed by atoms with Crippen molar-refractivity contribution in [2.24, 2.45) is 5.73 Å². The van der Waals surface area contributed by atoms with Crippen LogP contribution in [0.2, 0.25) is 0 Å². The minimum Gasteiger partial charge on any atom is -0.399 e. The molecular weight excluding hydrogens is 402 g/mol. The molecule has 5 aromatic rings. The minimum atomic E-state index is 0.197. The third-order valence-corrected chi connectivity index (χ3v) is 7.01. The first-order chi connectivity index (χ1) is 16.3. The Bertz CT molecular complexity index is 1580. The molecule has 1 aliphatic heterocycles. The topological polar surface area (TPSA) is 34.2 Å². The molecule has 158 valence electrons. The van der Waals surface area contributed by atoms with E-state index < -0.39 is 0 Å². The van der Waals surface area contributed by atoms with Crippen molar-refractivity contribution in [1.82, 2.24) is 4.57 Å². The molecule has 2 aliphatic rings. The molecule has 2 atom stereocenters. The molecule has 0 amide bonds. The van der Waals surface area contributed by atoms with Gasteiger partial charge in [-0.25, -0.2) is 0 Å². The van der Waals surface area contributed by atoms with Gasteiger partial charge < -0.3 is 15.2 Å². The molecule has 0 saturated carbocycles. The van der Waals surface area contributed by atoms with E-state index in [1.54, 1.807) is 0 Å². The zero-order valence-corrected chi connectivity index (χ0v) is 18.1. The van der Waals surface area contributed by atoms with Crippen molar-refractivity contribution in [2.75, 3.05) is 4.90 Å². The van der Waals surface area contributed by atoms with Crippen LogP contribution in [0.15, 0.2) is 121 Å². The van der Waals surface area contributed by atoms with E-state index in [2.05, 4.69) is 119 Å². The maximum Gasteiger partial charge on any atom is 0.0782 e. The molecule has 1 aliphatic carbocycles. The number of aromatic nitrogens is 1. The summed E-state index contributed by atoms with van der Waals surface area (Å²) >= 11 is 0. The molecule has 0 saturated heterocycles. The Morgan fingerprint density at radius 1 is 0.667 bits per heavy atom. The zero-order valence-electron chi connectivity index (χ0n) is 18.1. The van der Waals surface area contributed by atoms with Crippen LogP contribution in [-0.2, 0) is 0 Å². The molecule has 0 radical (unpaired) electrons. The van der Waals surface area contributed by atoms with E-state index in [4.69, 9.17) is 5.73 Å². The highest BCUT2D eigenvalue weighted by Crippen LogP contribution is 2.52. The summed E-state index contributed by atoms with van der Waals surface area (Å²) in [5.41, 5.74) is 14.5. The molecule has 7 rings (SSSR count). The lowest BCUT2D eigenvalue weighted by Gasteiger charge is -2.29. The SMILES string of the molecule is NC1=CC2c3ccc4c5ccccc5n(-c5ccccc5)c4c3N(c3ccccc3)C2C=C1. The maximum atomic E-state index is 6.28. The molecule has 0 bridgehead atoms. The van der Waals surface area contributed by atoms with Crippen LogP contribution in [0.3, 0.4) is 0 Å². The Labute approximate surface area is 192 Å². The Kier molecular flexibility index (Phi) is 3.82. The number of para-hydroxylation sites is 3. The Balaban J connectivity index is 1.65. The van der Waals surface area contributed by atoms with Crippen molar-refractivity contribution in [2.45, 2.75) is 12.0 Å². The highest BCUT2D eigenvalue weighted by Gasteiger charge is 2.40. The van der Waals surface area contributed by atoms with Crippen molar-refractivity contribution >= 4 is 33.2 Å². The van der Waals surface area contributed by atoms with Crippen LogP contribution in [0.4, 0.5) is 11.4 Å². The van der Waals surface area contributed by atoms with Crippen LogP contribution >= 0.6 is 0 Å². The van der Waals surface area contributed by atoms with Crippen molar-refractivity contribution in [3.8, 4) is 5.69 Å². The third kappa shape index (κ3) is 2.56. The Morgan fingerprint density at radius 2 is 1.36 bits per heavy atom. The molecule has 33 heavy (non-hydrogen) atoms. The van der Waals surface area contributed by atoms with Gasteiger partial charge in [-0.3, -0.25) is 0 Å². The number of hydrogen-bond donors (Lipinski definition) is 1. The van der Waals surface area contributed by atoms with Gasteiger partial charge in [0.15, 0.2) is 0 Å². The second-order valence-electron chi connectivity index (χ2n) is 8.84. The predicted octanol–water partition coefficient (Wildman–Crippen LogP) is 6.80. The zero-order chi connectivity index (χ0) is 21.9. The van der Waals surface area contributed by atoms with Crippen LogP contribution in [0.1, 0.15) is 11.5 Å². The van der Waals surface area contributed by atoms with E-state index in [9.17, 15) is 0 Å². The first-order valence-corrected chi connectivity index (χ1v) is 11.4. The highest BCUT2D eigenvalue weighted by atomic mass is 15.2. The lowest BCUT2D eigenvalue weighted by atomic mass is 9.90. The average Bonchev–Trinajstić information content (AvgIpc) is 3.38. The van der Waals surface area contributed by atoms with Crippen LogP contribution in [-0.4, -0.2) is 10.6 Å². The van der Waals surface area contributed by atoms with Crippen LogP contribution in [0.5, 0.6) is 0 Å².